The number of carbonyl (C=O) groups is 1. The first-order valence-corrected chi connectivity index (χ1v) is 7.10. The molecule has 2 N–H and O–H groups in total. The molecule has 8 heteroatoms. The van der Waals surface area contributed by atoms with Crippen molar-refractivity contribution in [1.82, 2.24) is 10.2 Å². The summed E-state index contributed by atoms with van der Waals surface area (Å²) in [6.07, 6.45) is -5.27. The van der Waals surface area contributed by atoms with Crippen LogP contribution in [0.3, 0.4) is 0 Å². The van der Waals surface area contributed by atoms with Gasteiger partial charge in [-0.2, -0.15) is 13.2 Å². The predicted octanol–water partition coefficient (Wildman–Crippen LogP) is 3.11. The Morgan fingerprint density at radius 1 is 1.50 bits per heavy atom. The van der Waals surface area contributed by atoms with E-state index >= 15 is 0 Å². The van der Waals surface area contributed by atoms with E-state index in [0.717, 1.165) is 10.5 Å². The van der Waals surface area contributed by atoms with Crippen molar-refractivity contribution < 1.29 is 23.1 Å². The molecule has 1 aromatic carbocycles. The molecule has 0 saturated carbocycles. The topological polar surface area (TPSA) is 52.6 Å². The molecule has 22 heavy (non-hydrogen) atoms. The van der Waals surface area contributed by atoms with Crippen LogP contribution < -0.4 is 5.32 Å². The first-order valence-electron chi connectivity index (χ1n) is 6.72. The molecular formula is C14H16ClF3N2O2. The van der Waals surface area contributed by atoms with Gasteiger partial charge in [-0.15, -0.1) is 0 Å². The van der Waals surface area contributed by atoms with E-state index in [4.69, 9.17) is 11.6 Å². The molecule has 2 rings (SSSR count). The van der Waals surface area contributed by atoms with Crippen molar-refractivity contribution in [2.75, 3.05) is 13.1 Å². The Kier molecular flexibility index (Phi) is 4.58. The molecule has 0 spiro atoms. The van der Waals surface area contributed by atoms with Gasteiger partial charge < -0.3 is 15.3 Å². The number of halogens is 4. The van der Waals surface area contributed by atoms with Gasteiger partial charge in [0.2, 0.25) is 0 Å². The summed E-state index contributed by atoms with van der Waals surface area (Å²) >= 11 is 5.86. The molecule has 0 aliphatic carbocycles. The first kappa shape index (κ1) is 16.9. The first-order chi connectivity index (χ1) is 10.1. The predicted molar refractivity (Wildman–Crippen MR) is 75.6 cm³/mol. The van der Waals surface area contributed by atoms with Crippen LogP contribution in [0.5, 0.6) is 0 Å². The minimum atomic E-state index is -4.75. The lowest BCUT2D eigenvalue weighted by Crippen LogP contribution is -2.49. The number of benzene rings is 1. The Labute approximate surface area is 130 Å². The molecule has 1 saturated heterocycles. The van der Waals surface area contributed by atoms with Crippen LogP contribution in [-0.4, -0.2) is 40.9 Å². The lowest BCUT2D eigenvalue weighted by molar-refractivity contribution is -0.253. The van der Waals surface area contributed by atoms with E-state index < -0.39 is 36.8 Å². The highest BCUT2D eigenvalue weighted by Crippen LogP contribution is 2.37. The monoisotopic (exact) mass is 336 g/mol. The largest absolute Gasteiger partial charge is 0.419 e. The number of hydrogen-bond acceptors (Lipinski definition) is 2. The number of rotatable bonds is 2. The fourth-order valence-electron chi connectivity index (χ4n) is 2.33. The molecule has 4 nitrogen and oxygen atoms in total. The number of nitrogens with one attached hydrogen (secondary N) is 1. The third-order valence-corrected chi connectivity index (χ3v) is 3.99. The van der Waals surface area contributed by atoms with Crippen LogP contribution >= 0.6 is 11.6 Å². The van der Waals surface area contributed by atoms with Gasteiger partial charge in [0.25, 0.3) is 0 Å². The maximum Gasteiger partial charge on any atom is 0.419 e. The lowest BCUT2D eigenvalue weighted by atomic mass is 10.0. The fraction of sp³-hybridized carbons (Fsp3) is 0.500. The quantitative estimate of drug-likeness (QED) is 0.872. The number of carbonyl (C=O) groups excluding carboxylic acids is 1. The van der Waals surface area contributed by atoms with Crippen LogP contribution in [0.15, 0.2) is 24.3 Å². The zero-order chi connectivity index (χ0) is 16.5. The average molecular weight is 337 g/mol. The van der Waals surface area contributed by atoms with E-state index in [9.17, 15) is 23.1 Å². The Bertz CT molecular complexity index is 567. The number of likely N-dealkylation sites (tertiary alicyclic amines) is 1. The third kappa shape index (κ3) is 3.47. The van der Waals surface area contributed by atoms with Crippen molar-refractivity contribution >= 4 is 17.6 Å². The van der Waals surface area contributed by atoms with Crippen LogP contribution in [0.2, 0.25) is 5.02 Å². The van der Waals surface area contributed by atoms with Crippen molar-refractivity contribution in [3.8, 4) is 0 Å². The summed E-state index contributed by atoms with van der Waals surface area (Å²) < 4.78 is 38.2. The van der Waals surface area contributed by atoms with Gasteiger partial charge in [0, 0.05) is 18.0 Å². The number of urea groups is 1. The highest BCUT2D eigenvalue weighted by atomic mass is 35.5. The maximum absolute atomic E-state index is 12.7. The Hall–Kier alpha value is -1.47. The Morgan fingerprint density at radius 2 is 2.18 bits per heavy atom. The summed E-state index contributed by atoms with van der Waals surface area (Å²) in [5, 5.41) is 12.7. The van der Waals surface area contributed by atoms with Crippen molar-refractivity contribution in [2.45, 2.75) is 31.2 Å². The molecule has 1 aromatic rings. The average Bonchev–Trinajstić information content (AvgIpc) is 2.82. The number of hydrogen-bond donors (Lipinski definition) is 2. The summed E-state index contributed by atoms with van der Waals surface area (Å²) in [5.41, 5.74) is -2.09. The van der Waals surface area contributed by atoms with Crippen molar-refractivity contribution in [2.24, 2.45) is 0 Å². The van der Waals surface area contributed by atoms with E-state index in [1.165, 1.54) is 0 Å². The number of β-amino-alcohol motifs (C(OH)–C–C–N with tert-alkyl or cyclic N) is 1. The van der Waals surface area contributed by atoms with Crippen molar-refractivity contribution in [1.29, 1.82) is 0 Å². The summed E-state index contributed by atoms with van der Waals surface area (Å²) in [5.74, 6) is 0. The van der Waals surface area contributed by atoms with Crippen LogP contribution in [0.1, 0.15) is 24.9 Å². The Balaban J connectivity index is 1.99. The van der Waals surface area contributed by atoms with Gasteiger partial charge in [0.1, 0.15) is 0 Å². The minimum Gasteiger partial charge on any atom is -0.379 e. The van der Waals surface area contributed by atoms with Crippen LogP contribution in [-0.2, 0) is 0 Å². The van der Waals surface area contributed by atoms with E-state index in [1.54, 1.807) is 31.2 Å². The second-order valence-electron chi connectivity index (χ2n) is 5.43. The molecular weight excluding hydrogens is 321 g/mol. The van der Waals surface area contributed by atoms with Gasteiger partial charge in [-0.3, -0.25) is 0 Å². The summed E-state index contributed by atoms with van der Waals surface area (Å²) in [6.45, 7) is 0.796. The number of alkyl halides is 3. The fourth-order valence-corrected chi connectivity index (χ4v) is 2.53. The van der Waals surface area contributed by atoms with Crippen molar-refractivity contribution in [3.63, 3.8) is 0 Å². The molecule has 0 bridgehead atoms. The van der Waals surface area contributed by atoms with Gasteiger partial charge in [0.05, 0.1) is 12.6 Å². The van der Waals surface area contributed by atoms with Gasteiger partial charge in [-0.1, -0.05) is 23.7 Å². The van der Waals surface area contributed by atoms with Crippen LogP contribution in [0, 0.1) is 0 Å². The molecule has 1 heterocycles. The number of nitrogens with zero attached hydrogens (tertiary/aromatic N) is 1. The number of amides is 2. The molecule has 1 aliphatic rings. The highest BCUT2D eigenvalue weighted by Gasteiger charge is 2.57. The van der Waals surface area contributed by atoms with Crippen molar-refractivity contribution in [3.05, 3.63) is 34.9 Å². The summed E-state index contributed by atoms with van der Waals surface area (Å²) in [6, 6.07) is 5.77. The van der Waals surface area contributed by atoms with E-state index in [0.29, 0.717) is 5.02 Å². The SMILES string of the molecule is C[C@@H](NC(=O)N1CC[C@@](O)(C(F)(F)F)C1)c1cccc(Cl)c1. The van der Waals surface area contributed by atoms with Crippen LogP contribution in [0.25, 0.3) is 0 Å². The zero-order valence-corrected chi connectivity index (χ0v) is 12.6. The molecule has 1 fully saturated rings. The van der Waals surface area contributed by atoms with E-state index in [-0.39, 0.29) is 6.54 Å². The summed E-state index contributed by atoms with van der Waals surface area (Å²) in [7, 11) is 0. The Morgan fingerprint density at radius 3 is 2.73 bits per heavy atom. The van der Waals surface area contributed by atoms with Gasteiger partial charge in [-0.05, 0) is 24.6 Å². The van der Waals surface area contributed by atoms with Gasteiger partial charge >= 0.3 is 12.2 Å². The maximum atomic E-state index is 12.7. The number of aliphatic hydroxyl groups is 1. The molecule has 1 aliphatic heterocycles. The van der Waals surface area contributed by atoms with Crippen LogP contribution in [0.4, 0.5) is 18.0 Å². The lowest BCUT2D eigenvalue weighted by Gasteiger charge is -2.26. The molecule has 2 atom stereocenters. The molecule has 0 radical (unpaired) electrons. The normalized spacial score (nSPS) is 23.5. The highest BCUT2D eigenvalue weighted by molar-refractivity contribution is 6.30. The standard InChI is InChI=1S/C14H16ClF3N2O2/c1-9(10-3-2-4-11(15)7-10)19-12(21)20-6-5-13(22,8-20)14(16,17)18/h2-4,7,9,22H,5-6,8H2,1H3,(H,19,21)/t9-,13+/m1/s1. The molecule has 2 amide bonds. The van der Waals surface area contributed by atoms with Gasteiger partial charge in [-0.25, -0.2) is 4.79 Å². The minimum absolute atomic E-state index is 0.149. The van der Waals surface area contributed by atoms with Gasteiger partial charge in [0.15, 0.2) is 5.60 Å². The molecule has 0 aromatic heterocycles. The second kappa shape index (κ2) is 5.96. The molecule has 122 valence electrons. The van der Waals surface area contributed by atoms with E-state index in [1.807, 2.05) is 0 Å². The zero-order valence-electron chi connectivity index (χ0n) is 11.8. The van der Waals surface area contributed by atoms with E-state index in [2.05, 4.69) is 5.32 Å². The summed E-state index contributed by atoms with van der Waals surface area (Å²) in [4.78, 5) is 13.0. The molecule has 0 unspecified atom stereocenters. The smallest absolute Gasteiger partial charge is 0.379 e. The third-order valence-electron chi connectivity index (χ3n) is 3.75. The second-order valence-corrected chi connectivity index (χ2v) is 5.86.